The molecule has 1 rings (SSSR count). The van der Waals surface area contributed by atoms with Crippen molar-refractivity contribution in [2.24, 2.45) is 0 Å². The van der Waals surface area contributed by atoms with Gasteiger partial charge in [-0.05, 0) is 44.4 Å². The molecule has 0 amide bonds. The lowest BCUT2D eigenvalue weighted by atomic mass is 10.1. The van der Waals surface area contributed by atoms with Crippen LogP contribution in [0.5, 0.6) is 0 Å². The van der Waals surface area contributed by atoms with E-state index in [1.54, 1.807) is 0 Å². The van der Waals surface area contributed by atoms with Crippen LogP contribution in [-0.2, 0) is 4.79 Å². The zero-order chi connectivity index (χ0) is 13.0. The van der Waals surface area contributed by atoms with Crippen molar-refractivity contribution >= 4 is 11.7 Å². The molecule has 1 N–H and O–H groups in total. The van der Waals surface area contributed by atoms with Crippen LogP contribution in [0.1, 0.15) is 31.4 Å². The number of carboxylic acids is 1. The molecule has 1 aromatic rings. The van der Waals surface area contributed by atoms with Crippen molar-refractivity contribution in [3.63, 3.8) is 0 Å². The average Bonchev–Trinajstić information content (AvgIpc) is 2.28. The highest BCUT2D eigenvalue weighted by Gasteiger charge is 2.23. The maximum atomic E-state index is 11.3. The summed E-state index contributed by atoms with van der Waals surface area (Å²) in [7, 11) is 0. The first kappa shape index (κ1) is 13.6. The van der Waals surface area contributed by atoms with E-state index in [0.717, 1.165) is 16.8 Å². The predicted octanol–water partition coefficient (Wildman–Crippen LogP) is 2.99. The summed E-state index contributed by atoms with van der Waals surface area (Å²) in [6.07, 6.45) is 0.608. The maximum absolute atomic E-state index is 11.3. The van der Waals surface area contributed by atoms with Gasteiger partial charge in [0.2, 0.25) is 0 Å². The highest BCUT2D eigenvalue weighted by atomic mass is 16.4. The number of hydrogen-bond donors (Lipinski definition) is 1. The van der Waals surface area contributed by atoms with Crippen molar-refractivity contribution in [2.45, 2.75) is 40.2 Å². The van der Waals surface area contributed by atoms with Gasteiger partial charge in [-0.25, -0.2) is 4.79 Å². The largest absolute Gasteiger partial charge is 0.480 e. The molecule has 17 heavy (non-hydrogen) atoms. The molecule has 1 aromatic carbocycles. The van der Waals surface area contributed by atoms with Crippen molar-refractivity contribution in [1.82, 2.24) is 0 Å². The van der Waals surface area contributed by atoms with E-state index in [9.17, 15) is 9.90 Å². The molecule has 3 heteroatoms. The van der Waals surface area contributed by atoms with Crippen molar-refractivity contribution in [3.05, 3.63) is 29.3 Å². The van der Waals surface area contributed by atoms with Crippen LogP contribution in [0.2, 0.25) is 0 Å². The number of anilines is 1. The number of aryl methyl sites for hydroxylation is 2. The number of carboxylic acid groups (broad SMARTS) is 1. The van der Waals surface area contributed by atoms with Crippen LogP contribution in [0.15, 0.2) is 18.2 Å². The van der Waals surface area contributed by atoms with Crippen LogP contribution < -0.4 is 4.90 Å². The lowest BCUT2D eigenvalue weighted by Gasteiger charge is -2.30. The van der Waals surface area contributed by atoms with E-state index in [2.05, 4.69) is 6.07 Å². The molecule has 0 radical (unpaired) electrons. The summed E-state index contributed by atoms with van der Waals surface area (Å²) < 4.78 is 0. The number of carbonyl (C=O) groups is 1. The summed E-state index contributed by atoms with van der Waals surface area (Å²) in [6.45, 7) is 8.65. The van der Waals surface area contributed by atoms with E-state index in [4.69, 9.17) is 0 Å². The van der Waals surface area contributed by atoms with Gasteiger partial charge in [-0.15, -0.1) is 0 Å². The molecule has 0 saturated carbocycles. The molecule has 0 fully saturated rings. The Morgan fingerprint density at radius 2 is 2.00 bits per heavy atom. The summed E-state index contributed by atoms with van der Waals surface area (Å²) in [6, 6.07) is 5.71. The first-order valence-electron chi connectivity index (χ1n) is 6.07. The molecule has 0 aliphatic rings. The molecule has 0 aliphatic carbocycles. The minimum atomic E-state index is -0.754. The van der Waals surface area contributed by atoms with E-state index in [1.807, 2.05) is 44.7 Å². The van der Waals surface area contributed by atoms with Crippen LogP contribution in [0.4, 0.5) is 5.69 Å². The molecule has 94 valence electrons. The Labute approximate surface area is 103 Å². The van der Waals surface area contributed by atoms with E-state index in [0.29, 0.717) is 13.0 Å². The Hall–Kier alpha value is -1.51. The molecule has 1 atom stereocenters. The normalized spacial score (nSPS) is 12.2. The summed E-state index contributed by atoms with van der Waals surface area (Å²) in [5.74, 6) is -0.754. The van der Waals surface area contributed by atoms with Gasteiger partial charge in [0.1, 0.15) is 6.04 Å². The molecule has 0 spiro atoms. The highest BCUT2D eigenvalue weighted by molar-refractivity contribution is 5.78. The van der Waals surface area contributed by atoms with E-state index >= 15 is 0 Å². The monoisotopic (exact) mass is 235 g/mol. The minimum Gasteiger partial charge on any atom is -0.480 e. The third-order valence-corrected chi connectivity index (χ3v) is 3.06. The van der Waals surface area contributed by atoms with Crippen molar-refractivity contribution < 1.29 is 9.90 Å². The number of hydrogen-bond acceptors (Lipinski definition) is 2. The van der Waals surface area contributed by atoms with Crippen molar-refractivity contribution in [2.75, 3.05) is 11.4 Å². The zero-order valence-corrected chi connectivity index (χ0v) is 11.0. The highest BCUT2D eigenvalue weighted by Crippen LogP contribution is 2.24. The molecule has 0 aliphatic heterocycles. The van der Waals surface area contributed by atoms with Gasteiger partial charge >= 0.3 is 5.97 Å². The summed E-state index contributed by atoms with van der Waals surface area (Å²) in [5.41, 5.74) is 3.31. The fourth-order valence-electron chi connectivity index (χ4n) is 2.12. The smallest absolute Gasteiger partial charge is 0.326 e. The molecule has 0 bridgehead atoms. The zero-order valence-electron chi connectivity index (χ0n) is 11.0. The molecule has 0 saturated heterocycles. The first-order valence-corrected chi connectivity index (χ1v) is 6.07. The Kier molecular flexibility index (Phi) is 4.55. The van der Waals surface area contributed by atoms with Crippen molar-refractivity contribution in [1.29, 1.82) is 0 Å². The number of likely N-dealkylation sites (N-methyl/N-ethyl adjacent to an activating group) is 1. The summed E-state index contributed by atoms with van der Waals surface area (Å²) >= 11 is 0. The van der Waals surface area contributed by atoms with Gasteiger partial charge < -0.3 is 10.0 Å². The lowest BCUT2D eigenvalue weighted by Crippen LogP contribution is -2.41. The Bertz CT molecular complexity index is 401. The average molecular weight is 235 g/mol. The van der Waals surface area contributed by atoms with Crippen LogP contribution in [0, 0.1) is 13.8 Å². The fraction of sp³-hybridized carbons (Fsp3) is 0.500. The van der Waals surface area contributed by atoms with Gasteiger partial charge in [-0.2, -0.15) is 0 Å². The lowest BCUT2D eigenvalue weighted by molar-refractivity contribution is -0.138. The number of benzene rings is 1. The van der Waals surface area contributed by atoms with Crippen LogP contribution in [0.25, 0.3) is 0 Å². The second kappa shape index (κ2) is 5.71. The van der Waals surface area contributed by atoms with Crippen LogP contribution in [0.3, 0.4) is 0 Å². The summed E-state index contributed by atoms with van der Waals surface area (Å²) in [4.78, 5) is 13.2. The topological polar surface area (TPSA) is 40.5 Å². The van der Waals surface area contributed by atoms with Gasteiger partial charge in [-0.1, -0.05) is 19.1 Å². The van der Waals surface area contributed by atoms with Gasteiger partial charge in [0, 0.05) is 12.2 Å². The Balaban J connectivity index is 3.16. The predicted molar refractivity (Wildman–Crippen MR) is 70.7 cm³/mol. The van der Waals surface area contributed by atoms with Crippen molar-refractivity contribution in [3.8, 4) is 0 Å². The third-order valence-electron chi connectivity index (χ3n) is 3.06. The van der Waals surface area contributed by atoms with Crippen LogP contribution in [-0.4, -0.2) is 23.7 Å². The minimum absolute atomic E-state index is 0.444. The van der Waals surface area contributed by atoms with E-state index in [-0.39, 0.29) is 0 Å². The van der Waals surface area contributed by atoms with Gasteiger partial charge in [0.15, 0.2) is 0 Å². The quantitative estimate of drug-likeness (QED) is 0.853. The SMILES string of the molecule is CC[C@H](C(=O)O)N(CC)c1cc(C)ccc1C. The second-order valence-corrected chi connectivity index (χ2v) is 4.34. The van der Waals surface area contributed by atoms with Gasteiger partial charge in [0.05, 0.1) is 0 Å². The summed E-state index contributed by atoms with van der Waals surface area (Å²) in [5, 5.41) is 9.25. The fourth-order valence-corrected chi connectivity index (χ4v) is 2.12. The van der Waals surface area contributed by atoms with Gasteiger partial charge in [0.25, 0.3) is 0 Å². The molecule has 3 nitrogen and oxygen atoms in total. The Morgan fingerprint density at radius 1 is 1.35 bits per heavy atom. The first-order chi connectivity index (χ1) is 8.01. The molecule has 0 heterocycles. The molecular weight excluding hydrogens is 214 g/mol. The van der Waals surface area contributed by atoms with E-state index in [1.165, 1.54) is 0 Å². The molecule has 0 aromatic heterocycles. The Morgan fingerprint density at radius 3 is 2.47 bits per heavy atom. The number of rotatable bonds is 5. The van der Waals surface area contributed by atoms with E-state index < -0.39 is 12.0 Å². The number of aliphatic carboxylic acids is 1. The standard InChI is InChI=1S/C14H21NO2/c1-5-12(14(16)17)15(6-2)13-9-10(3)7-8-11(13)4/h7-9,12H,5-6H2,1-4H3,(H,16,17)/t12-/m1/s1. The maximum Gasteiger partial charge on any atom is 0.326 e. The van der Waals surface area contributed by atoms with Gasteiger partial charge in [-0.3, -0.25) is 0 Å². The number of nitrogens with zero attached hydrogens (tertiary/aromatic N) is 1. The van der Waals surface area contributed by atoms with Crippen LogP contribution >= 0.6 is 0 Å². The second-order valence-electron chi connectivity index (χ2n) is 4.34. The molecular formula is C14H21NO2. The molecule has 0 unspecified atom stereocenters. The third kappa shape index (κ3) is 2.99.